The molecule has 0 saturated carbocycles. The molecule has 0 bridgehead atoms. The lowest BCUT2D eigenvalue weighted by Gasteiger charge is -2.27. The number of hydrogen-bond donors (Lipinski definition) is 1. The summed E-state index contributed by atoms with van der Waals surface area (Å²) in [5.74, 6) is -1.39. The smallest absolute Gasteiger partial charge is 0.329 e. The molecule has 1 fully saturated rings. The number of hydrogen-bond acceptors (Lipinski definition) is 6. The quantitative estimate of drug-likeness (QED) is 0.714. The molecule has 1 atom stereocenters. The number of nitrogens with one attached hydrogen (secondary N) is 1. The molecule has 0 spiro atoms. The van der Waals surface area contributed by atoms with Crippen molar-refractivity contribution in [2.45, 2.75) is 12.5 Å². The zero-order valence-corrected chi connectivity index (χ0v) is 15.3. The van der Waals surface area contributed by atoms with Gasteiger partial charge in [0.2, 0.25) is 0 Å². The highest BCUT2D eigenvalue weighted by Crippen LogP contribution is 2.08. The third-order valence-corrected chi connectivity index (χ3v) is 4.32. The molecule has 1 aliphatic heterocycles. The van der Waals surface area contributed by atoms with Crippen molar-refractivity contribution in [2.24, 2.45) is 0 Å². The van der Waals surface area contributed by atoms with Crippen LogP contribution in [0.2, 0.25) is 0 Å². The minimum atomic E-state index is -0.947. The molecule has 3 rings (SSSR count). The molecule has 0 unspecified atom stereocenters. The summed E-state index contributed by atoms with van der Waals surface area (Å²) < 4.78 is 15.5. The minimum absolute atomic E-state index is 0.0928. The topological polar surface area (TPSA) is 98.1 Å². The summed E-state index contributed by atoms with van der Waals surface area (Å²) in [6, 6.07) is 11.4. The van der Waals surface area contributed by atoms with E-state index in [0.29, 0.717) is 26.3 Å². The zero-order valence-electron chi connectivity index (χ0n) is 15.3. The lowest BCUT2D eigenvalue weighted by molar-refractivity contribution is -0.155. The zero-order chi connectivity index (χ0) is 19.8. The summed E-state index contributed by atoms with van der Waals surface area (Å²) in [7, 11) is 0. The van der Waals surface area contributed by atoms with Gasteiger partial charge in [-0.05, 0) is 17.7 Å². The third-order valence-electron chi connectivity index (χ3n) is 4.32. The maximum Gasteiger partial charge on any atom is 0.329 e. The van der Waals surface area contributed by atoms with Crippen LogP contribution in [0.25, 0.3) is 0 Å². The van der Waals surface area contributed by atoms with Gasteiger partial charge in [0.05, 0.1) is 19.5 Å². The van der Waals surface area contributed by atoms with Crippen molar-refractivity contribution in [2.75, 3.05) is 32.9 Å². The Morgan fingerprint density at radius 3 is 2.50 bits per heavy atom. The molecule has 0 radical (unpaired) electrons. The molecular weight excluding hydrogens is 364 g/mol. The van der Waals surface area contributed by atoms with E-state index in [-0.39, 0.29) is 24.7 Å². The van der Waals surface area contributed by atoms with E-state index < -0.39 is 17.9 Å². The highest BCUT2D eigenvalue weighted by Gasteiger charge is 2.26. The van der Waals surface area contributed by atoms with Crippen molar-refractivity contribution in [1.82, 2.24) is 10.2 Å². The van der Waals surface area contributed by atoms with Crippen molar-refractivity contribution in [1.29, 1.82) is 0 Å². The number of amides is 2. The van der Waals surface area contributed by atoms with Crippen molar-refractivity contribution < 1.29 is 28.3 Å². The number of carbonyl (C=O) groups is 3. The fourth-order valence-corrected chi connectivity index (χ4v) is 2.82. The first-order chi connectivity index (χ1) is 13.6. The minimum Gasteiger partial charge on any atom is -0.459 e. The van der Waals surface area contributed by atoms with E-state index in [9.17, 15) is 14.4 Å². The van der Waals surface area contributed by atoms with Crippen LogP contribution in [0.4, 0.5) is 0 Å². The average Bonchev–Trinajstić information content (AvgIpc) is 3.28. The van der Waals surface area contributed by atoms with E-state index in [2.05, 4.69) is 5.32 Å². The lowest BCUT2D eigenvalue weighted by Crippen LogP contribution is -2.46. The van der Waals surface area contributed by atoms with Gasteiger partial charge >= 0.3 is 5.97 Å². The predicted octanol–water partition coefficient (Wildman–Crippen LogP) is 1.02. The highest BCUT2D eigenvalue weighted by molar-refractivity contribution is 5.94. The fourth-order valence-electron chi connectivity index (χ4n) is 2.82. The Labute approximate surface area is 162 Å². The average molecular weight is 386 g/mol. The molecule has 148 valence electrons. The van der Waals surface area contributed by atoms with Crippen LogP contribution in [-0.4, -0.2) is 61.6 Å². The molecule has 2 aromatic rings. The Morgan fingerprint density at radius 2 is 1.82 bits per heavy atom. The largest absolute Gasteiger partial charge is 0.459 e. The summed E-state index contributed by atoms with van der Waals surface area (Å²) >= 11 is 0. The van der Waals surface area contributed by atoms with E-state index >= 15 is 0 Å². The first-order valence-electron chi connectivity index (χ1n) is 9.04. The maximum absolute atomic E-state index is 12.6. The Balaban J connectivity index is 1.62. The van der Waals surface area contributed by atoms with Crippen LogP contribution in [0, 0.1) is 0 Å². The molecule has 1 aromatic carbocycles. The molecule has 1 saturated heterocycles. The number of morpholine rings is 1. The molecule has 1 aromatic heterocycles. The van der Waals surface area contributed by atoms with E-state index in [1.807, 2.05) is 30.3 Å². The summed E-state index contributed by atoms with van der Waals surface area (Å²) in [5.41, 5.74) is 0.851. The molecule has 1 N–H and O–H groups in total. The van der Waals surface area contributed by atoms with E-state index in [1.165, 1.54) is 12.3 Å². The fraction of sp³-hybridized carbons (Fsp3) is 0.350. The second-order valence-electron chi connectivity index (χ2n) is 6.29. The Kier molecular flexibility index (Phi) is 6.80. The molecule has 28 heavy (non-hydrogen) atoms. The molecular formula is C20H22N2O6. The second-order valence-corrected chi connectivity index (χ2v) is 6.29. The first-order valence-corrected chi connectivity index (χ1v) is 9.04. The number of rotatable bonds is 7. The molecule has 2 amide bonds. The number of ether oxygens (including phenoxy) is 2. The number of benzene rings is 1. The molecule has 8 heteroatoms. The van der Waals surface area contributed by atoms with Gasteiger partial charge in [-0.25, -0.2) is 4.79 Å². The molecule has 2 heterocycles. The molecule has 8 nitrogen and oxygen atoms in total. The Bertz CT molecular complexity index is 784. The van der Waals surface area contributed by atoms with Crippen molar-refractivity contribution in [3.05, 3.63) is 60.1 Å². The van der Waals surface area contributed by atoms with Gasteiger partial charge in [-0.1, -0.05) is 30.3 Å². The number of esters is 1. The van der Waals surface area contributed by atoms with E-state index in [0.717, 1.165) is 5.56 Å². The monoisotopic (exact) mass is 386 g/mol. The molecule has 0 aliphatic carbocycles. The van der Waals surface area contributed by atoms with Gasteiger partial charge in [-0.2, -0.15) is 0 Å². The van der Waals surface area contributed by atoms with Crippen LogP contribution >= 0.6 is 0 Å². The van der Waals surface area contributed by atoms with Gasteiger partial charge in [0.25, 0.3) is 11.8 Å². The van der Waals surface area contributed by atoms with Crippen molar-refractivity contribution >= 4 is 17.8 Å². The summed E-state index contributed by atoms with van der Waals surface area (Å²) in [6.07, 6.45) is 1.61. The summed E-state index contributed by atoms with van der Waals surface area (Å²) in [5, 5.41) is 2.62. The van der Waals surface area contributed by atoms with Crippen molar-refractivity contribution in [3.63, 3.8) is 0 Å². The van der Waals surface area contributed by atoms with E-state index in [1.54, 1.807) is 11.0 Å². The highest BCUT2D eigenvalue weighted by atomic mass is 16.5. The van der Waals surface area contributed by atoms with Crippen molar-refractivity contribution in [3.8, 4) is 0 Å². The standard InChI is InChI=1S/C20H22N2O6/c23-18(22-8-11-26-12-9-22)14-28-20(25)16(13-15-5-2-1-3-6-15)21-19(24)17-7-4-10-27-17/h1-7,10,16H,8-9,11-14H2,(H,21,24)/t16-/m0/s1. The number of furan rings is 1. The van der Waals surface area contributed by atoms with Gasteiger partial charge in [0.15, 0.2) is 12.4 Å². The van der Waals surface area contributed by atoms with Gasteiger partial charge in [0, 0.05) is 19.5 Å². The Morgan fingerprint density at radius 1 is 1.07 bits per heavy atom. The normalized spacial score (nSPS) is 14.9. The van der Waals surface area contributed by atoms with Gasteiger partial charge in [-0.15, -0.1) is 0 Å². The lowest BCUT2D eigenvalue weighted by atomic mass is 10.1. The SMILES string of the molecule is O=C(N[C@@H](Cc1ccccc1)C(=O)OCC(=O)N1CCOCC1)c1ccco1. The summed E-state index contributed by atoms with van der Waals surface area (Å²) in [4.78, 5) is 38.6. The van der Waals surface area contributed by atoms with Crippen LogP contribution in [-0.2, 0) is 25.5 Å². The number of carbonyl (C=O) groups excluding carboxylic acids is 3. The van der Waals surface area contributed by atoms with Gasteiger partial charge in [-0.3, -0.25) is 9.59 Å². The van der Waals surface area contributed by atoms with E-state index in [4.69, 9.17) is 13.9 Å². The Hall–Kier alpha value is -3.13. The van der Waals surface area contributed by atoms with Crippen LogP contribution in [0.1, 0.15) is 16.1 Å². The number of nitrogens with zero attached hydrogens (tertiary/aromatic N) is 1. The van der Waals surface area contributed by atoms with Crippen LogP contribution < -0.4 is 5.32 Å². The first kappa shape index (κ1) is 19.6. The third kappa shape index (κ3) is 5.43. The van der Waals surface area contributed by atoms with Crippen LogP contribution in [0.15, 0.2) is 53.1 Å². The van der Waals surface area contributed by atoms with Gasteiger partial charge in [0.1, 0.15) is 6.04 Å². The predicted molar refractivity (Wildman–Crippen MR) is 98.5 cm³/mol. The van der Waals surface area contributed by atoms with Gasteiger partial charge < -0.3 is 24.1 Å². The maximum atomic E-state index is 12.6. The second kappa shape index (κ2) is 9.70. The van der Waals surface area contributed by atoms with Crippen LogP contribution in [0.3, 0.4) is 0 Å². The summed E-state index contributed by atoms with van der Waals surface area (Å²) in [6.45, 7) is 1.50. The molecule has 1 aliphatic rings. The van der Waals surface area contributed by atoms with Crippen LogP contribution in [0.5, 0.6) is 0 Å².